The molecule has 3 aromatic rings. The van der Waals surface area contributed by atoms with E-state index in [1.54, 1.807) is 12.2 Å². The van der Waals surface area contributed by atoms with E-state index in [0.717, 1.165) is 12.3 Å². The highest BCUT2D eigenvalue weighted by molar-refractivity contribution is 7.90. The van der Waals surface area contributed by atoms with Crippen LogP contribution in [0.5, 0.6) is 5.75 Å². The van der Waals surface area contributed by atoms with Gasteiger partial charge in [-0.15, -0.1) is 10.2 Å². The summed E-state index contributed by atoms with van der Waals surface area (Å²) in [6.07, 6.45) is 2.18. The molecular weight excluding hydrogens is 440 g/mol. The van der Waals surface area contributed by atoms with Gasteiger partial charge in [0.2, 0.25) is 0 Å². The van der Waals surface area contributed by atoms with Crippen LogP contribution in [0.1, 0.15) is 30.8 Å². The van der Waals surface area contributed by atoms with Gasteiger partial charge < -0.3 is 20.7 Å². The zero-order valence-electron chi connectivity index (χ0n) is 20.0. The number of ether oxygens (including phenoxy) is 1. The zero-order valence-corrected chi connectivity index (χ0v) is 17.9. The molecule has 0 saturated heterocycles. The van der Waals surface area contributed by atoms with Crippen molar-refractivity contribution in [1.82, 2.24) is 30.7 Å². The molecule has 4 N–H and O–H groups in total. The minimum atomic E-state index is -3.82. The minimum absolute atomic E-state index is 0.0548. The first-order valence-electron chi connectivity index (χ1n) is 10.3. The number of nitrogens with one attached hydrogen (secondary N) is 4. The quantitative estimate of drug-likeness (QED) is 0.389. The lowest BCUT2D eigenvalue weighted by molar-refractivity contribution is 0.0957. The standard InChI is InChI=1S/C18H20N8O5S/c1-9-5-12(24-23-9)17(27)22-14-7-11(15(26-25-14)18(28)19-2)21-16-13(32(4,29)30)6-10(31-3)8-20-16/h5-8H,1-4H3,(H,19,28)(H,23,24)(H2,20,21,22,25,27)/i2D3. The maximum atomic E-state index is 12.5. The molecule has 32 heavy (non-hydrogen) atoms. The first-order chi connectivity index (χ1) is 16.3. The Bertz CT molecular complexity index is 1390. The summed E-state index contributed by atoms with van der Waals surface area (Å²) in [5.74, 6) is -1.96. The molecule has 0 unspecified atom stereocenters. The molecule has 13 nitrogen and oxygen atoms in total. The number of anilines is 3. The number of nitrogens with zero attached hydrogens (tertiary/aromatic N) is 4. The third kappa shape index (κ3) is 4.97. The molecule has 0 bridgehead atoms. The Morgan fingerprint density at radius 1 is 1.19 bits per heavy atom. The Labute approximate surface area is 187 Å². The largest absolute Gasteiger partial charge is 0.495 e. The van der Waals surface area contributed by atoms with Crippen LogP contribution < -0.4 is 20.7 Å². The Hall–Kier alpha value is -4.07. The Balaban J connectivity index is 2.05. The number of H-pyrrole nitrogens is 1. The van der Waals surface area contributed by atoms with E-state index in [1.165, 1.54) is 25.4 Å². The number of aromatic nitrogens is 5. The lowest BCUT2D eigenvalue weighted by Gasteiger charge is -2.14. The van der Waals surface area contributed by atoms with Gasteiger partial charge in [0.1, 0.15) is 16.5 Å². The summed E-state index contributed by atoms with van der Waals surface area (Å²) in [4.78, 5) is 28.7. The second-order valence-electron chi connectivity index (χ2n) is 6.46. The van der Waals surface area contributed by atoms with Crippen LogP contribution in [0.2, 0.25) is 0 Å². The lowest BCUT2D eigenvalue weighted by Crippen LogP contribution is -2.22. The number of pyridine rings is 1. The topological polar surface area (TPSA) is 181 Å². The molecule has 0 spiro atoms. The van der Waals surface area contributed by atoms with Crippen LogP contribution in [-0.2, 0) is 9.84 Å². The van der Waals surface area contributed by atoms with E-state index in [4.69, 9.17) is 8.85 Å². The predicted molar refractivity (Wildman–Crippen MR) is 114 cm³/mol. The molecular formula is C18H20N8O5S. The Morgan fingerprint density at radius 3 is 2.59 bits per heavy atom. The van der Waals surface area contributed by atoms with Crippen molar-refractivity contribution in [3.05, 3.63) is 41.5 Å². The van der Waals surface area contributed by atoms with Crippen molar-refractivity contribution in [2.75, 3.05) is 31.0 Å². The molecule has 0 aromatic carbocycles. The summed E-state index contributed by atoms with van der Waals surface area (Å²) in [7, 11) is -2.49. The van der Waals surface area contributed by atoms with E-state index in [9.17, 15) is 18.0 Å². The van der Waals surface area contributed by atoms with Crippen LogP contribution in [0, 0.1) is 6.92 Å². The monoisotopic (exact) mass is 463 g/mol. The van der Waals surface area contributed by atoms with Gasteiger partial charge >= 0.3 is 0 Å². The fourth-order valence-electron chi connectivity index (χ4n) is 2.53. The van der Waals surface area contributed by atoms with Crippen LogP contribution in [0.4, 0.5) is 17.3 Å². The number of hydrogen-bond acceptors (Lipinski definition) is 10. The maximum absolute atomic E-state index is 12.5. The number of aryl methyl sites for hydroxylation is 1. The lowest BCUT2D eigenvalue weighted by atomic mass is 10.2. The van der Waals surface area contributed by atoms with Crippen LogP contribution in [0.25, 0.3) is 0 Å². The van der Waals surface area contributed by atoms with Crippen molar-refractivity contribution < 1.29 is 26.9 Å². The average Bonchev–Trinajstić information content (AvgIpc) is 3.18. The highest BCUT2D eigenvalue weighted by atomic mass is 32.2. The molecule has 2 amide bonds. The normalized spacial score (nSPS) is 12.8. The van der Waals surface area contributed by atoms with Gasteiger partial charge in [0.15, 0.2) is 27.0 Å². The summed E-state index contributed by atoms with van der Waals surface area (Å²) in [6, 6.07) is 3.86. The molecule has 14 heteroatoms. The smallest absolute Gasteiger partial charge is 0.277 e. The van der Waals surface area contributed by atoms with Crippen LogP contribution in [0.3, 0.4) is 0 Å². The van der Waals surface area contributed by atoms with E-state index in [-0.39, 0.29) is 33.7 Å². The van der Waals surface area contributed by atoms with Gasteiger partial charge in [-0.3, -0.25) is 14.7 Å². The highest BCUT2D eigenvalue weighted by Crippen LogP contribution is 2.28. The second kappa shape index (κ2) is 8.97. The Morgan fingerprint density at radius 2 is 1.97 bits per heavy atom. The highest BCUT2D eigenvalue weighted by Gasteiger charge is 2.21. The third-order valence-electron chi connectivity index (χ3n) is 4.02. The van der Waals surface area contributed by atoms with E-state index in [0.29, 0.717) is 5.69 Å². The molecule has 0 fully saturated rings. The maximum Gasteiger partial charge on any atom is 0.277 e. The number of sulfone groups is 1. The van der Waals surface area contributed by atoms with Crippen LogP contribution in [-0.4, -0.2) is 66.0 Å². The Kier molecular flexibility index (Phi) is 5.24. The van der Waals surface area contributed by atoms with Gasteiger partial charge in [0.05, 0.1) is 19.0 Å². The number of carbonyl (C=O) groups excluding carboxylic acids is 2. The van der Waals surface area contributed by atoms with Crippen molar-refractivity contribution in [1.29, 1.82) is 0 Å². The van der Waals surface area contributed by atoms with Gasteiger partial charge in [-0.2, -0.15) is 5.10 Å². The van der Waals surface area contributed by atoms with Gasteiger partial charge in [-0.25, -0.2) is 13.4 Å². The number of carbonyl (C=O) groups is 2. The molecule has 0 aliphatic heterocycles. The molecule has 168 valence electrons. The number of hydrogen-bond donors (Lipinski definition) is 4. The molecule has 0 aliphatic carbocycles. The van der Waals surface area contributed by atoms with E-state index >= 15 is 0 Å². The third-order valence-corrected chi connectivity index (χ3v) is 5.13. The van der Waals surface area contributed by atoms with Crippen molar-refractivity contribution in [2.24, 2.45) is 0 Å². The molecule has 0 saturated carbocycles. The SMILES string of the molecule is [2H]C([2H])([2H])NC(=O)c1nnc(NC(=O)c2cc(C)[nH]n2)cc1Nc1ncc(OC)cc1S(C)(=O)=O. The van der Waals surface area contributed by atoms with Crippen LogP contribution >= 0.6 is 0 Å². The molecule has 0 aliphatic rings. The predicted octanol–water partition coefficient (Wildman–Crippen LogP) is 0.671. The van der Waals surface area contributed by atoms with E-state index < -0.39 is 34.3 Å². The molecule has 3 aromatic heterocycles. The summed E-state index contributed by atoms with van der Waals surface area (Å²) < 4.78 is 51.4. The summed E-state index contributed by atoms with van der Waals surface area (Å²) >= 11 is 0. The fourth-order valence-corrected chi connectivity index (χ4v) is 3.32. The molecule has 0 atom stereocenters. The number of aromatic amines is 1. The minimum Gasteiger partial charge on any atom is -0.495 e. The van der Waals surface area contributed by atoms with E-state index in [1.807, 2.05) is 0 Å². The number of amides is 2. The summed E-state index contributed by atoms with van der Waals surface area (Å²) in [5, 5.41) is 20.8. The van der Waals surface area contributed by atoms with Crippen molar-refractivity contribution in [2.45, 2.75) is 11.8 Å². The van der Waals surface area contributed by atoms with Gasteiger partial charge in [-0.1, -0.05) is 0 Å². The van der Waals surface area contributed by atoms with Crippen molar-refractivity contribution in [3.63, 3.8) is 0 Å². The second-order valence-corrected chi connectivity index (χ2v) is 8.44. The molecule has 0 radical (unpaired) electrons. The molecule has 3 heterocycles. The first-order valence-corrected chi connectivity index (χ1v) is 10.7. The molecule has 3 rings (SSSR count). The van der Waals surface area contributed by atoms with Gasteiger partial charge in [0.25, 0.3) is 11.8 Å². The van der Waals surface area contributed by atoms with Gasteiger partial charge in [-0.05, 0) is 13.0 Å². The zero-order chi connectivity index (χ0) is 26.0. The first kappa shape index (κ1) is 18.7. The van der Waals surface area contributed by atoms with Gasteiger partial charge in [0, 0.05) is 35.2 Å². The fraction of sp³-hybridized carbons (Fsp3) is 0.222. The number of methoxy groups -OCH3 is 1. The average molecular weight is 463 g/mol. The number of rotatable bonds is 7. The van der Waals surface area contributed by atoms with Crippen LogP contribution in [0.15, 0.2) is 29.3 Å². The van der Waals surface area contributed by atoms with Crippen molar-refractivity contribution in [3.8, 4) is 5.75 Å². The summed E-state index contributed by atoms with van der Waals surface area (Å²) in [5.41, 5.74) is 0.0167. The van der Waals surface area contributed by atoms with E-state index in [2.05, 4.69) is 36.0 Å². The van der Waals surface area contributed by atoms with Crippen molar-refractivity contribution >= 4 is 39.0 Å². The summed E-state index contributed by atoms with van der Waals surface area (Å²) in [6.45, 7) is -1.14.